The molecule has 136 valence electrons. The number of hydrogen-bond acceptors (Lipinski definition) is 1. The second kappa shape index (κ2) is 9.99. The van der Waals surface area contributed by atoms with Crippen LogP contribution in [-0.4, -0.2) is 19.5 Å². The molecular formula is C22H28ClNSiZr. The van der Waals surface area contributed by atoms with E-state index in [1.165, 1.54) is 11.1 Å². The van der Waals surface area contributed by atoms with Crippen LogP contribution in [-0.2, 0) is 20.4 Å². The minimum atomic E-state index is -1.65. The van der Waals surface area contributed by atoms with Crippen molar-refractivity contribution in [1.29, 1.82) is 0 Å². The van der Waals surface area contributed by atoms with Gasteiger partial charge >= 0.3 is 141 Å². The van der Waals surface area contributed by atoms with Crippen LogP contribution in [0.2, 0.25) is 13.1 Å². The van der Waals surface area contributed by atoms with E-state index < -0.39 is 20.4 Å². The molecule has 0 radical (unpaired) electrons. The van der Waals surface area contributed by atoms with E-state index in [-0.39, 0.29) is 17.8 Å². The molecule has 2 atom stereocenters. The second-order valence-corrected chi connectivity index (χ2v) is 25.0. The van der Waals surface area contributed by atoms with Crippen molar-refractivity contribution in [1.82, 2.24) is 5.32 Å². The number of fused-ring (bicyclic) bond motifs is 2. The molecule has 1 N–H and O–H groups in total. The third-order valence-electron chi connectivity index (χ3n) is 4.85. The quantitative estimate of drug-likeness (QED) is 0.571. The first-order valence-electron chi connectivity index (χ1n) is 8.97. The van der Waals surface area contributed by atoms with Crippen LogP contribution in [0.1, 0.15) is 29.5 Å². The molecule has 4 heteroatoms. The first-order valence-corrected chi connectivity index (χ1v) is 18.0. The van der Waals surface area contributed by atoms with Crippen LogP contribution in [0.3, 0.4) is 0 Å². The molecular weight excluding hydrogens is 433 g/mol. The fraction of sp³-hybridized carbons (Fsp3) is 0.273. The molecule has 0 saturated carbocycles. The first kappa shape index (κ1) is 21.6. The Kier molecular flexibility index (Phi) is 8.29. The summed E-state index contributed by atoms with van der Waals surface area (Å²) in [5.41, 5.74) is 5.92. The number of allylic oxidation sites excluding steroid dienone is 2. The van der Waals surface area contributed by atoms with E-state index in [1.807, 2.05) is 14.1 Å². The molecule has 2 aliphatic rings. The van der Waals surface area contributed by atoms with E-state index in [4.69, 9.17) is 0 Å². The summed E-state index contributed by atoms with van der Waals surface area (Å²) in [6.07, 6.45) is 9.81. The minimum absolute atomic E-state index is 0. The van der Waals surface area contributed by atoms with Crippen molar-refractivity contribution >= 4 is 30.0 Å². The van der Waals surface area contributed by atoms with Gasteiger partial charge in [0.05, 0.1) is 0 Å². The first-order chi connectivity index (χ1) is 12.2. The predicted octanol–water partition coefficient (Wildman–Crippen LogP) is 5.65. The average Bonchev–Trinajstić information content (AvgIpc) is 3.21. The Labute approximate surface area is 172 Å². The predicted molar refractivity (Wildman–Crippen MR) is 116 cm³/mol. The zero-order chi connectivity index (χ0) is 17.8. The van der Waals surface area contributed by atoms with Gasteiger partial charge in [0.1, 0.15) is 0 Å². The van der Waals surface area contributed by atoms with E-state index in [0.29, 0.717) is 0 Å². The van der Waals surface area contributed by atoms with Crippen LogP contribution < -0.4 is 5.32 Å². The van der Waals surface area contributed by atoms with Gasteiger partial charge in [-0.05, 0) is 14.1 Å². The third kappa shape index (κ3) is 4.39. The van der Waals surface area contributed by atoms with Crippen LogP contribution in [0.25, 0.3) is 12.2 Å². The van der Waals surface area contributed by atoms with Crippen molar-refractivity contribution in [3.63, 3.8) is 0 Å². The summed E-state index contributed by atoms with van der Waals surface area (Å²) in [4.78, 5) is 0. The number of hydrogen-bond donors (Lipinski definition) is 1. The van der Waals surface area contributed by atoms with Gasteiger partial charge in [-0.25, -0.2) is 0 Å². The van der Waals surface area contributed by atoms with Crippen molar-refractivity contribution in [3.8, 4) is 0 Å². The van der Waals surface area contributed by atoms with Gasteiger partial charge in [0.15, 0.2) is 0 Å². The van der Waals surface area contributed by atoms with Crippen molar-refractivity contribution < 1.29 is 20.4 Å². The molecule has 2 aliphatic carbocycles. The fourth-order valence-electron chi connectivity index (χ4n) is 3.86. The Balaban J connectivity index is 0.000000570. The van der Waals surface area contributed by atoms with E-state index >= 15 is 0 Å². The van der Waals surface area contributed by atoms with Crippen LogP contribution >= 0.6 is 12.4 Å². The summed E-state index contributed by atoms with van der Waals surface area (Å²) in [5, 5.41) is 2.75. The standard InChI is InChI=1S/2C9H7.C2H7N.C2H6Si.ClH.Zr/c2*1-2-5-9-7-3-6-8(9)4-1;2*1-3-2;;/h2*1-7H;3H,1-2H3;1-2H3;1H;. The number of nitrogens with one attached hydrogen (secondary N) is 1. The van der Waals surface area contributed by atoms with Crippen LogP contribution in [0.4, 0.5) is 0 Å². The summed E-state index contributed by atoms with van der Waals surface area (Å²) >= 11 is -1.65. The van der Waals surface area contributed by atoms with Gasteiger partial charge in [-0.2, -0.15) is 0 Å². The van der Waals surface area contributed by atoms with E-state index in [2.05, 4.69) is 91.2 Å². The number of benzene rings is 2. The molecule has 0 bridgehead atoms. The van der Waals surface area contributed by atoms with Crippen LogP contribution in [0.15, 0.2) is 60.7 Å². The molecule has 26 heavy (non-hydrogen) atoms. The van der Waals surface area contributed by atoms with Crippen molar-refractivity contribution in [2.75, 3.05) is 14.1 Å². The molecule has 0 saturated heterocycles. The zero-order valence-corrected chi connectivity index (χ0v) is 20.3. The Hall–Kier alpha value is -0.730. The van der Waals surface area contributed by atoms with E-state index in [1.54, 1.807) is 11.1 Å². The van der Waals surface area contributed by atoms with Gasteiger partial charge in [0.2, 0.25) is 0 Å². The smallest absolute Gasteiger partial charge is 0.147 e. The average molecular weight is 461 g/mol. The van der Waals surface area contributed by atoms with Crippen molar-refractivity contribution in [2.45, 2.75) is 20.3 Å². The fourth-order valence-corrected chi connectivity index (χ4v) is 22.6. The number of halogens is 1. The molecule has 0 aliphatic heterocycles. The molecule has 2 aromatic carbocycles. The topological polar surface area (TPSA) is 12.0 Å². The normalized spacial score (nSPS) is 18.3. The molecule has 0 heterocycles. The maximum Gasteiger partial charge on any atom is -0.147 e. The van der Waals surface area contributed by atoms with Crippen LogP contribution in [0.5, 0.6) is 0 Å². The van der Waals surface area contributed by atoms with Gasteiger partial charge in [0.25, 0.3) is 0 Å². The molecule has 2 aromatic rings. The van der Waals surface area contributed by atoms with Gasteiger partial charge in [0, 0.05) is 0 Å². The summed E-state index contributed by atoms with van der Waals surface area (Å²) in [6.45, 7) is 5.12. The second-order valence-electron chi connectivity index (χ2n) is 6.89. The number of rotatable bonds is 2. The molecule has 4 rings (SSSR count). The Morgan fingerprint density at radius 3 is 1.54 bits per heavy atom. The van der Waals surface area contributed by atoms with Gasteiger partial charge in [-0.15, -0.1) is 12.4 Å². The molecule has 2 unspecified atom stereocenters. The molecule has 0 amide bonds. The summed E-state index contributed by atoms with van der Waals surface area (Å²) in [6, 6.07) is 18.1. The van der Waals surface area contributed by atoms with Gasteiger partial charge in [-0.1, -0.05) is 0 Å². The van der Waals surface area contributed by atoms with Crippen LogP contribution in [0, 0.1) is 0 Å². The summed E-state index contributed by atoms with van der Waals surface area (Å²) < 4.78 is 1.53. The largest absolute Gasteiger partial charge is 0.147 e. The van der Waals surface area contributed by atoms with E-state index in [9.17, 15) is 0 Å². The van der Waals surface area contributed by atoms with Crippen molar-refractivity contribution in [3.05, 3.63) is 82.9 Å². The SMILES string of the molecule is CNC.C[Si](C)=[Zr]([CH]1C=Cc2ccccc21)[CH]1C=Cc2ccccc21.Cl. The van der Waals surface area contributed by atoms with Gasteiger partial charge < -0.3 is 5.32 Å². The van der Waals surface area contributed by atoms with E-state index in [0.717, 1.165) is 7.25 Å². The molecule has 0 fully saturated rings. The molecule has 1 nitrogen and oxygen atoms in total. The Morgan fingerprint density at radius 2 is 1.15 bits per heavy atom. The summed E-state index contributed by atoms with van der Waals surface area (Å²) in [7, 11) is 3.75. The maximum atomic E-state index is 2.75. The summed E-state index contributed by atoms with van der Waals surface area (Å²) in [5.74, 6) is 0. The molecule has 0 spiro atoms. The van der Waals surface area contributed by atoms with Gasteiger partial charge in [-0.3, -0.25) is 0 Å². The van der Waals surface area contributed by atoms with Crippen molar-refractivity contribution in [2.24, 2.45) is 0 Å². The third-order valence-corrected chi connectivity index (χ3v) is 24.0. The monoisotopic (exact) mass is 459 g/mol. The minimum Gasteiger partial charge on any atom is -0.147 e. The molecule has 0 aromatic heterocycles. The Bertz CT molecular complexity index is 789. The zero-order valence-electron chi connectivity index (χ0n) is 16.0. The Morgan fingerprint density at radius 1 is 0.769 bits per heavy atom. The maximum absolute atomic E-state index is 2.75.